The molecule has 3 aliphatic heterocycles. The molecule has 0 spiro atoms. The zero-order chi connectivity index (χ0) is 65.5. The molecule has 1 aromatic rings. The van der Waals surface area contributed by atoms with Crippen LogP contribution in [0.4, 0.5) is 5.95 Å². The van der Waals surface area contributed by atoms with E-state index in [9.17, 15) is 49.5 Å². The fourth-order valence-electron chi connectivity index (χ4n) is 12.2. The Morgan fingerprint density at radius 3 is 2.29 bits per heavy atom. The molecule has 16 atom stereocenters. The number of piperidine rings is 1. The van der Waals surface area contributed by atoms with Crippen molar-refractivity contribution in [3.05, 3.63) is 66.1 Å². The summed E-state index contributed by atoms with van der Waals surface area (Å²) in [5.41, 5.74) is 8.85. The number of anilines is 1. The number of allylic oxidation sites excluding steroid dienone is 4. The van der Waals surface area contributed by atoms with Crippen molar-refractivity contribution >= 4 is 41.1 Å². The number of aromatic nitrogens is 2. The highest BCUT2D eigenvalue weighted by Crippen LogP contribution is 2.37. The molecule has 24 nitrogen and oxygen atoms in total. The van der Waals surface area contributed by atoms with Crippen molar-refractivity contribution in [2.24, 2.45) is 40.5 Å². The third-order valence-corrected chi connectivity index (χ3v) is 18.1. The molecule has 4 aliphatic rings. The van der Waals surface area contributed by atoms with Crippen molar-refractivity contribution in [3.63, 3.8) is 0 Å². The predicted molar refractivity (Wildman–Crippen MR) is 334 cm³/mol. The van der Waals surface area contributed by atoms with E-state index in [0.29, 0.717) is 115 Å². The lowest BCUT2D eigenvalue weighted by atomic mass is 9.80. The number of piperazine rings is 1. The quantitative estimate of drug-likeness (QED) is 0.0129. The Kier molecular flexibility index (Phi) is 30.4. The first-order valence-corrected chi connectivity index (χ1v) is 31.8. The Balaban J connectivity index is 1.26. The molecule has 1 aliphatic carbocycles. The van der Waals surface area contributed by atoms with Crippen LogP contribution in [0, 0.1) is 29.6 Å². The van der Waals surface area contributed by atoms with Crippen LogP contribution in [0.25, 0.3) is 0 Å². The molecule has 4 fully saturated rings. The number of methoxy groups -OCH3 is 3. The summed E-state index contributed by atoms with van der Waals surface area (Å²) in [6, 6.07) is -2.07. The average Bonchev–Trinajstić information content (AvgIpc) is 3.74. The van der Waals surface area contributed by atoms with Gasteiger partial charge in [0.25, 0.3) is 17.6 Å². The Labute approximate surface area is 526 Å². The van der Waals surface area contributed by atoms with E-state index in [4.69, 9.17) is 34.3 Å². The molecule has 3 saturated heterocycles. The Hall–Kier alpha value is -5.54. The number of nitrogens with one attached hydrogen (secondary N) is 1. The molecule has 1 saturated carbocycles. The minimum atomic E-state index is -2.47. The van der Waals surface area contributed by atoms with Crippen molar-refractivity contribution in [1.82, 2.24) is 25.1 Å². The normalized spacial score (nSPS) is 26.3. The van der Waals surface area contributed by atoms with Gasteiger partial charge >= 0.3 is 5.97 Å². The van der Waals surface area contributed by atoms with Crippen molar-refractivity contribution in [2.45, 2.75) is 205 Å². The SMILES string of the molecule is C=C[C@@H](C)C[C@@H](C)/C(=N\OCC(=O)NCc1cnc(N2CCN(C(=O)CCOC)CC2)nc1)[C@H](O)[C@H](O)/C(C)=C/[C@@H](C)[C@H](O)C[C@H](OC(=O)[C@@H]1CCCCN1C(=O)C(=O)[C@]1(O)O[C@H](C[C@H](OC)/C(C)=C/C=C/C)CC[C@H]1C)[C@H](N)C[C@@H]1CC[C@@H](O)[C@H](OC)C1. The summed E-state index contributed by atoms with van der Waals surface area (Å²) in [6.07, 6.45) is 9.56. The summed E-state index contributed by atoms with van der Waals surface area (Å²) < 4.78 is 28.7. The molecule has 0 bridgehead atoms. The van der Waals surface area contributed by atoms with Gasteiger partial charge < -0.3 is 79.8 Å². The van der Waals surface area contributed by atoms with Crippen LogP contribution in [0.3, 0.4) is 0 Å². The summed E-state index contributed by atoms with van der Waals surface area (Å²) in [5, 5.41) is 65.0. The molecule has 0 unspecified atom stereocenters. The van der Waals surface area contributed by atoms with Gasteiger partial charge in [-0.2, -0.15) is 0 Å². The van der Waals surface area contributed by atoms with Crippen LogP contribution in [0.5, 0.6) is 0 Å². The van der Waals surface area contributed by atoms with Crippen LogP contribution in [0.15, 0.2) is 65.7 Å². The van der Waals surface area contributed by atoms with Gasteiger partial charge in [-0.15, -0.1) is 6.58 Å². The van der Waals surface area contributed by atoms with E-state index in [2.05, 4.69) is 27.0 Å². The number of oxime groups is 1. The van der Waals surface area contributed by atoms with Gasteiger partial charge in [0, 0.05) is 115 Å². The third-order valence-electron chi connectivity index (χ3n) is 18.1. The second-order valence-electron chi connectivity index (χ2n) is 24.9. The number of Topliss-reactive ketones (excluding diaryl/α,β-unsaturated/α-hetero) is 1. The molecule has 24 heteroatoms. The van der Waals surface area contributed by atoms with Crippen LogP contribution in [0.1, 0.15) is 138 Å². The molecule has 89 heavy (non-hydrogen) atoms. The van der Waals surface area contributed by atoms with E-state index in [1.54, 1.807) is 71.4 Å². The van der Waals surface area contributed by atoms with Crippen LogP contribution in [-0.4, -0.2) is 214 Å². The number of amides is 3. The van der Waals surface area contributed by atoms with Gasteiger partial charge in [0.05, 0.1) is 49.3 Å². The lowest BCUT2D eigenvalue weighted by Crippen LogP contribution is -2.61. The average molecular weight is 1250 g/mol. The number of aliphatic hydroxyl groups is 5. The number of carbonyl (C=O) groups is 5. The Morgan fingerprint density at radius 2 is 1.64 bits per heavy atom. The number of ether oxygens (including phenoxy) is 5. The molecule has 8 N–H and O–H groups in total. The van der Waals surface area contributed by atoms with E-state index < -0.39 is 109 Å². The van der Waals surface area contributed by atoms with Gasteiger partial charge in [-0.3, -0.25) is 19.2 Å². The number of likely N-dealkylation sites (tertiary alicyclic amines) is 1. The molecule has 0 aromatic carbocycles. The first-order chi connectivity index (χ1) is 42.4. The second-order valence-corrected chi connectivity index (χ2v) is 24.9. The fraction of sp³-hybridized carbons (Fsp3) is 0.723. The zero-order valence-corrected chi connectivity index (χ0v) is 54.2. The highest BCUT2D eigenvalue weighted by Gasteiger charge is 2.53. The summed E-state index contributed by atoms with van der Waals surface area (Å²) in [7, 11) is 4.66. The number of nitrogens with two attached hydrogens (primary N) is 1. The van der Waals surface area contributed by atoms with Crippen LogP contribution in [0.2, 0.25) is 0 Å². The van der Waals surface area contributed by atoms with Gasteiger partial charge in [0.2, 0.25) is 17.6 Å². The molecule has 3 amide bonds. The van der Waals surface area contributed by atoms with E-state index in [0.717, 1.165) is 10.5 Å². The fourth-order valence-corrected chi connectivity index (χ4v) is 12.2. The number of hydrogen-bond acceptors (Lipinski definition) is 21. The summed E-state index contributed by atoms with van der Waals surface area (Å²) in [4.78, 5) is 88.1. The van der Waals surface area contributed by atoms with Crippen molar-refractivity contribution in [2.75, 3.05) is 72.2 Å². The van der Waals surface area contributed by atoms with Crippen LogP contribution < -0.4 is 16.0 Å². The molecule has 5 rings (SSSR count). The lowest BCUT2D eigenvalue weighted by molar-refractivity contribution is -0.265. The van der Waals surface area contributed by atoms with Gasteiger partial charge in [-0.05, 0) is 108 Å². The highest BCUT2D eigenvalue weighted by molar-refractivity contribution is 6.39. The number of nitrogens with zero attached hydrogens (tertiary/aromatic N) is 6. The largest absolute Gasteiger partial charge is 0.459 e. The number of hydrogen-bond donors (Lipinski definition) is 7. The van der Waals surface area contributed by atoms with Crippen molar-refractivity contribution < 1.29 is 78.0 Å². The molecular weight excluding hydrogens is 1150 g/mol. The van der Waals surface area contributed by atoms with Gasteiger partial charge in [-0.1, -0.05) is 63.2 Å². The van der Waals surface area contributed by atoms with E-state index in [1.165, 1.54) is 7.11 Å². The number of ketones is 1. The highest BCUT2D eigenvalue weighted by atomic mass is 16.6. The molecule has 1 aromatic heterocycles. The topological polar surface area (TPSA) is 328 Å². The standard InChI is InChI=1S/C65H104N8O16/c1-12-14-17-41(4)53(85-10)34-48-21-19-45(8)65(83,89-48)61(80)62(81)73-24-16-15-18-50(73)63(82)88-54(49(66)32-46-20-22-51(74)55(33-46)86-11)35-52(75)42(5)31-44(7)59(78)60(79)58(43(6)30-40(3)13-2)70-87-39-56(76)67-36-47-37-68-64(69-38-47)72-27-25-71(26-28-72)57(77)23-29-84-9/h12-14,17,31,37-38,40,42-43,45-46,48-55,59-60,74-75,78-79,83H,2,15-16,18-30,32-36,39,66H2,1,3-11H3,(H,67,76)/b14-12+,41-17+,44-31+,70-58+/t40-,42-,43-,45-,46+,48+,49-,50+,51-,52-,53+,54+,55-,59-,60+,65-/m1/s1. The van der Waals surface area contributed by atoms with E-state index in [1.807, 2.05) is 43.9 Å². The first kappa shape index (κ1) is 74.2. The van der Waals surface area contributed by atoms with Gasteiger partial charge in [0.15, 0.2) is 6.61 Å². The summed E-state index contributed by atoms with van der Waals surface area (Å²) in [6.45, 7) is 18.6. The smallest absolute Gasteiger partial charge is 0.329 e. The van der Waals surface area contributed by atoms with Crippen LogP contribution >= 0.6 is 0 Å². The number of aliphatic hydroxyl groups excluding tert-OH is 4. The monoisotopic (exact) mass is 1250 g/mol. The number of esters is 1. The maximum atomic E-state index is 14.6. The number of rotatable bonds is 33. The molecule has 0 radical (unpaired) electrons. The van der Waals surface area contributed by atoms with Crippen LogP contribution in [-0.2, 0) is 59.0 Å². The maximum absolute atomic E-state index is 14.6. The summed E-state index contributed by atoms with van der Waals surface area (Å²) >= 11 is 0. The maximum Gasteiger partial charge on any atom is 0.329 e. The third kappa shape index (κ3) is 21.5. The first-order valence-electron chi connectivity index (χ1n) is 31.8. The minimum Gasteiger partial charge on any atom is -0.459 e. The predicted octanol–water partition coefficient (Wildman–Crippen LogP) is 4.24. The molecule has 4 heterocycles. The van der Waals surface area contributed by atoms with Gasteiger partial charge in [-0.25, -0.2) is 14.8 Å². The van der Waals surface area contributed by atoms with E-state index in [-0.39, 0.29) is 61.1 Å². The number of carbonyl (C=O) groups excluding carboxylic acids is 5. The van der Waals surface area contributed by atoms with E-state index >= 15 is 0 Å². The van der Waals surface area contributed by atoms with Gasteiger partial charge in [0.1, 0.15) is 24.4 Å². The lowest BCUT2D eigenvalue weighted by Gasteiger charge is -2.42. The van der Waals surface area contributed by atoms with Crippen molar-refractivity contribution in [1.29, 1.82) is 0 Å². The second kappa shape index (κ2) is 36.5. The summed E-state index contributed by atoms with van der Waals surface area (Å²) in [5.74, 6) is -7.51. The molecular formula is C65H104N8O16. The zero-order valence-electron chi connectivity index (χ0n) is 54.2. The van der Waals surface area contributed by atoms with Crippen molar-refractivity contribution in [3.8, 4) is 0 Å². The Morgan fingerprint density at radius 1 is 0.933 bits per heavy atom. The Bertz CT molecular complexity index is 2560. The molecule has 500 valence electrons. The minimum absolute atomic E-state index is 0.0200.